The van der Waals surface area contributed by atoms with Crippen molar-refractivity contribution in [3.63, 3.8) is 0 Å². The highest BCUT2D eigenvalue weighted by molar-refractivity contribution is 9.09. The number of fused-ring (bicyclic) bond motifs is 5. The van der Waals surface area contributed by atoms with Crippen LogP contribution in [0, 0.1) is 34.5 Å². The zero-order valence-corrected chi connectivity index (χ0v) is 18.3. The topological polar surface area (TPSA) is 26.3 Å². The number of carbonyl (C=O) groups is 1. The number of esters is 1. The molecular weight excluding hydrogens is 388 g/mol. The van der Waals surface area contributed by atoms with E-state index in [1.54, 1.807) is 12.5 Å². The molecule has 0 aromatic rings. The van der Waals surface area contributed by atoms with E-state index in [4.69, 9.17) is 4.74 Å². The fourth-order valence-corrected chi connectivity index (χ4v) is 8.23. The van der Waals surface area contributed by atoms with E-state index < -0.39 is 0 Å². The van der Waals surface area contributed by atoms with E-state index in [1.807, 2.05) is 0 Å². The monoisotopic (exact) mass is 422 g/mol. The SMILES string of the molecule is CC(=O)O[C@@H]1CC[C@@]2(C)[C@H](CC[C@@H]3[C@@H]2CC[C@]2(C)/C(=C/CBr)CC[C@@H]32)C1. The molecule has 146 valence electrons. The Hall–Kier alpha value is -0.310. The van der Waals surface area contributed by atoms with Gasteiger partial charge in [0, 0.05) is 12.3 Å². The number of carbonyl (C=O) groups excluding carboxylic acids is 1. The lowest BCUT2D eigenvalue weighted by Gasteiger charge is -2.60. The summed E-state index contributed by atoms with van der Waals surface area (Å²) in [4.78, 5) is 11.4. The van der Waals surface area contributed by atoms with E-state index in [1.165, 1.54) is 44.9 Å². The Morgan fingerprint density at radius 3 is 2.69 bits per heavy atom. The largest absolute Gasteiger partial charge is 0.463 e. The van der Waals surface area contributed by atoms with E-state index in [9.17, 15) is 4.79 Å². The molecule has 0 amide bonds. The molecule has 3 heteroatoms. The number of hydrogen-bond donors (Lipinski definition) is 0. The smallest absolute Gasteiger partial charge is 0.302 e. The van der Waals surface area contributed by atoms with Crippen LogP contribution in [0.5, 0.6) is 0 Å². The summed E-state index contributed by atoms with van der Waals surface area (Å²) in [5.41, 5.74) is 2.68. The molecular formula is C23H35BrO2. The number of hydrogen-bond acceptors (Lipinski definition) is 2. The van der Waals surface area contributed by atoms with Crippen molar-refractivity contribution in [2.45, 2.75) is 84.7 Å². The molecule has 4 fully saturated rings. The van der Waals surface area contributed by atoms with Gasteiger partial charge in [-0.2, -0.15) is 0 Å². The van der Waals surface area contributed by atoms with Gasteiger partial charge in [0.25, 0.3) is 0 Å². The molecule has 4 aliphatic rings. The molecule has 4 saturated carbocycles. The highest BCUT2D eigenvalue weighted by Gasteiger charge is 2.59. The number of halogens is 1. The summed E-state index contributed by atoms with van der Waals surface area (Å²) in [5.74, 6) is 3.36. The van der Waals surface area contributed by atoms with Crippen molar-refractivity contribution in [3.8, 4) is 0 Å². The van der Waals surface area contributed by atoms with Crippen molar-refractivity contribution >= 4 is 21.9 Å². The van der Waals surface area contributed by atoms with Crippen molar-refractivity contribution < 1.29 is 9.53 Å². The maximum absolute atomic E-state index is 11.4. The van der Waals surface area contributed by atoms with Crippen LogP contribution in [0.25, 0.3) is 0 Å². The van der Waals surface area contributed by atoms with E-state index in [2.05, 4.69) is 35.9 Å². The highest BCUT2D eigenvalue weighted by atomic mass is 79.9. The number of alkyl halides is 1. The van der Waals surface area contributed by atoms with Gasteiger partial charge in [0.1, 0.15) is 6.10 Å². The predicted octanol–water partition coefficient (Wildman–Crippen LogP) is 6.28. The molecule has 0 bridgehead atoms. The van der Waals surface area contributed by atoms with Gasteiger partial charge >= 0.3 is 5.97 Å². The Kier molecular flexibility index (Phi) is 5.08. The van der Waals surface area contributed by atoms with E-state index in [0.29, 0.717) is 10.8 Å². The third-order valence-corrected chi connectivity index (χ3v) is 9.45. The molecule has 0 N–H and O–H groups in total. The fraction of sp³-hybridized carbons (Fsp3) is 0.870. The quantitative estimate of drug-likeness (QED) is 0.297. The zero-order chi connectivity index (χ0) is 18.5. The van der Waals surface area contributed by atoms with Gasteiger partial charge < -0.3 is 4.74 Å². The van der Waals surface area contributed by atoms with Crippen LogP contribution in [-0.4, -0.2) is 17.4 Å². The molecule has 0 aromatic carbocycles. The third kappa shape index (κ3) is 2.91. The molecule has 0 spiro atoms. The van der Waals surface area contributed by atoms with Gasteiger partial charge in [-0.05, 0) is 92.3 Å². The van der Waals surface area contributed by atoms with Crippen molar-refractivity contribution in [3.05, 3.63) is 11.6 Å². The zero-order valence-electron chi connectivity index (χ0n) is 16.7. The summed E-state index contributed by atoms with van der Waals surface area (Å²) in [7, 11) is 0. The summed E-state index contributed by atoms with van der Waals surface area (Å²) >= 11 is 3.63. The number of rotatable bonds is 2. The lowest BCUT2D eigenvalue weighted by molar-refractivity contribution is -0.158. The van der Waals surface area contributed by atoms with Crippen LogP contribution < -0.4 is 0 Å². The minimum Gasteiger partial charge on any atom is -0.463 e. The molecule has 0 saturated heterocycles. The minimum atomic E-state index is -0.0993. The fourth-order valence-electron chi connectivity index (χ4n) is 7.84. The maximum atomic E-state index is 11.4. The Morgan fingerprint density at radius 2 is 1.96 bits per heavy atom. The van der Waals surface area contributed by atoms with Crippen molar-refractivity contribution in [1.82, 2.24) is 0 Å². The standard InChI is InChI=1S/C23H35BrO2/c1-15(25)26-18-8-11-23(3)17(14-18)4-6-19-20-7-5-16(10-13-24)22(20,2)12-9-21(19)23/h10,17-21H,4-9,11-14H2,1-3H3/b16-10+/t17-,18-,19+,20+,21+,22-,23+/m1/s1. The van der Waals surface area contributed by atoms with Gasteiger partial charge in [0.15, 0.2) is 0 Å². The lowest BCUT2D eigenvalue weighted by Crippen LogP contribution is -2.53. The molecule has 0 unspecified atom stereocenters. The molecule has 7 atom stereocenters. The van der Waals surface area contributed by atoms with Crippen LogP contribution in [0.15, 0.2) is 11.6 Å². The minimum absolute atomic E-state index is 0.0993. The first-order chi connectivity index (χ1) is 12.4. The van der Waals surface area contributed by atoms with Crippen molar-refractivity contribution in [1.29, 1.82) is 0 Å². The van der Waals surface area contributed by atoms with Crippen LogP contribution in [0.4, 0.5) is 0 Å². The molecule has 4 rings (SSSR count). The van der Waals surface area contributed by atoms with Crippen LogP contribution in [0.1, 0.15) is 78.6 Å². The number of allylic oxidation sites excluding steroid dienone is 2. The maximum Gasteiger partial charge on any atom is 0.302 e. The van der Waals surface area contributed by atoms with Gasteiger partial charge in [-0.25, -0.2) is 0 Å². The Labute approximate surface area is 167 Å². The van der Waals surface area contributed by atoms with Crippen LogP contribution >= 0.6 is 15.9 Å². The molecule has 0 heterocycles. The molecule has 0 aliphatic heterocycles. The summed E-state index contributed by atoms with van der Waals surface area (Å²) in [6, 6.07) is 0. The van der Waals surface area contributed by atoms with Gasteiger partial charge in [0.05, 0.1) is 0 Å². The first kappa shape index (κ1) is 19.0. The second kappa shape index (κ2) is 6.94. The van der Waals surface area contributed by atoms with Crippen molar-refractivity contribution in [2.24, 2.45) is 34.5 Å². The van der Waals surface area contributed by atoms with Crippen molar-refractivity contribution in [2.75, 3.05) is 5.33 Å². The van der Waals surface area contributed by atoms with Gasteiger partial charge in [-0.1, -0.05) is 41.4 Å². The Bertz CT molecular complexity index is 599. The highest BCUT2D eigenvalue weighted by Crippen LogP contribution is 2.67. The number of ether oxygens (including phenoxy) is 1. The normalized spacial score (nSPS) is 49.2. The van der Waals surface area contributed by atoms with Crippen LogP contribution in [0.2, 0.25) is 0 Å². The average Bonchev–Trinajstić information content (AvgIpc) is 2.92. The summed E-state index contributed by atoms with van der Waals surface area (Å²) in [5, 5.41) is 1.01. The average molecular weight is 423 g/mol. The molecule has 4 aliphatic carbocycles. The first-order valence-electron chi connectivity index (χ1n) is 10.8. The van der Waals surface area contributed by atoms with Gasteiger partial charge in [-0.15, -0.1) is 0 Å². The van der Waals surface area contributed by atoms with Gasteiger partial charge in [-0.3, -0.25) is 4.79 Å². The van der Waals surface area contributed by atoms with Crippen LogP contribution in [0.3, 0.4) is 0 Å². The van der Waals surface area contributed by atoms with Crippen LogP contribution in [-0.2, 0) is 9.53 Å². The molecule has 0 radical (unpaired) electrons. The molecule has 0 aromatic heterocycles. The van der Waals surface area contributed by atoms with E-state index in [0.717, 1.165) is 41.8 Å². The molecule has 2 nitrogen and oxygen atoms in total. The third-order valence-electron chi connectivity index (χ3n) is 9.12. The summed E-state index contributed by atoms with van der Waals surface area (Å²) in [6.07, 6.45) is 14.4. The van der Waals surface area contributed by atoms with E-state index in [-0.39, 0.29) is 12.1 Å². The van der Waals surface area contributed by atoms with Gasteiger partial charge in [0.2, 0.25) is 0 Å². The predicted molar refractivity (Wildman–Crippen MR) is 109 cm³/mol. The Balaban J connectivity index is 1.54. The lowest BCUT2D eigenvalue weighted by atomic mass is 9.45. The Morgan fingerprint density at radius 1 is 1.15 bits per heavy atom. The second-order valence-corrected chi connectivity index (χ2v) is 10.7. The second-order valence-electron chi connectivity index (χ2n) is 10.0. The molecule has 26 heavy (non-hydrogen) atoms. The van der Waals surface area contributed by atoms with E-state index >= 15 is 0 Å². The first-order valence-corrected chi connectivity index (χ1v) is 11.9. The summed E-state index contributed by atoms with van der Waals surface area (Å²) < 4.78 is 5.60. The summed E-state index contributed by atoms with van der Waals surface area (Å²) in [6.45, 7) is 6.72.